The summed E-state index contributed by atoms with van der Waals surface area (Å²) >= 11 is 0. The van der Waals surface area contributed by atoms with Crippen molar-refractivity contribution in [3.63, 3.8) is 0 Å². The molecule has 68 valence electrons. The predicted molar refractivity (Wildman–Crippen MR) is 46.5 cm³/mol. The number of nitrogens with zero attached hydrogens (tertiary/aromatic N) is 2. The van der Waals surface area contributed by atoms with Crippen LogP contribution in [0.5, 0.6) is 0 Å². The maximum absolute atomic E-state index is 11.5. The van der Waals surface area contributed by atoms with Crippen molar-refractivity contribution in [3.05, 3.63) is 17.5 Å². The van der Waals surface area contributed by atoms with Crippen LogP contribution in [0.1, 0.15) is 34.9 Å². The van der Waals surface area contributed by atoms with E-state index in [0.717, 1.165) is 5.69 Å². The highest BCUT2D eigenvalue weighted by atomic mass is 16.1. The van der Waals surface area contributed by atoms with E-state index < -0.39 is 0 Å². The summed E-state index contributed by atoms with van der Waals surface area (Å²) in [5, 5.41) is 4.37. The molecule has 4 heteroatoms. The number of nitrogens with two attached hydrogens (primary N) is 1. The molecule has 1 aliphatic heterocycles. The molecule has 0 amide bonds. The zero-order valence-corrected chi connectivity index (χ0v) is 7.23. The molecule has 1 saturated carbocycles. The number of ketones is 1. The number of hydrogen-bond donors (Lipinski definition) is 1. The summed E-state index contributed by atoms with van der Waals surface area (Å²) in [6, 6.07) is 1.54. The maximum atomic E-state index is 11.5. The molecule has 1 fully saturated rings. The molecular weight excluding hydrogens is 166 g/mol. The fraction of sp³-hybridized carbons (Fsp3) is 0.556. The van der Waals surface area contributed by atoms with Gasteiger partial charge in [-0.25, -0.2) is 0 Å². The van der Waals surface area contributed by atoms with Gasteiger partial charge in [-0.1, -0.05) is 0 Å². The smallest absolute Gasteiger partial charge is 0.199 e. The van der Waals surface area contributed by atoms with Crippen LogP contribution < -0.4 is 5.73 Å². The number of hydrogen-bond acceptors (Lipinski definition) is 3. The van der Waals surface area contributed by atoms with Gasteiger partial charge in [0.25, 0.3) is 0 Å². The van der Waals surface area contributed by atoms with Crippen LogP contribution in [0.25, 0.3) is 0 Å². The Morgan fingerprint density at radius 2 is 2.31 bits per heavy atom. The topological polar surface area (TPSA) is 60.9 Å². The molecule has 4 nitrogen and oxygen atoms in total. The first-order chi connectivity index (χ1) is 6.25. The Hall–Kier alpha value is -1.16. The van der Waals surface area contributed by atoms with E-state index in [9.17, 15) is 4.79 Å². The standard InChI is InChI=1S/C9H11N3O/c10-6-4-12-8(9(6)13)3-7(11-12)5-1-2-5/h3,5-6H,1-2,4,10H2. The van der Waals surface area contributed by atoms with Crippen LogP contribution >= 0.6 is 0 Å². The van der Waals surface area contributed by atoms with Crippen molar-refractivity contribution >= 4 is 5.78 Å². The minimum Gasteiger partial charge on any atom is -0.320 e. The number of rotatable bonds is 1. The molecule has 1 aliphatic carbocycles. The normalized spacial score (nSPS) is 26.5. The molecule has 0 aromatic carbocycles. The van der Waals surface area contributed by atoms with E-state index in [2.05, 4.69) is 5.10 Å². The lowest BCUT2D eigenvalue weighted by Crippen LogP contribution is -2.27. The van der Waals surface area contributed by atoms with Crippen LogP contribution in [0.2, 0.25) is 0 Å². The third kappa shape index (κ3) is 0.951. The Balaban J connectivity index is 2.02. The van der Waals surface area contributed by atoms with Gasteiger partial charge in [0.15, 0.2) is 5.78 Å². The number of Topliss-reactive ketones (excluding diaryl/α,β-unsaturated/α-hetero) is 1. The lowest BCUT2D eigenvalue weighted by molar-refractivity contribution is 0.0974. The zero-order chi connectivity index (χ0) is 9.00. The first kappa shape index (κ1) is 7.26. The van der Waals surface area contributed by atoms with Gasteiger partial charge in [-0.2, -0.15) is 5.10 Å². The number of aromatic nitrogens is 2. The monoisotopic (exact) mass is 177 g/mol. The highest BCUT2D eigenvalue weighted by Gasteiger charge is 2.33. The largest absolute Gasteiger partial charge is 0.320 e. The number of carbonyl (C=O) groups excluding carboxylic acids is 1. The molecule has 2 N–H and O–H groups in total. The van der Waals surface area contributed by atoms with Crippen molar-refractivity contribution in [2.45, 2.75) is 31.3 Å². The van der Waals surface area contributed by atoms with Crippen molar-refractivity contribution in [3.8, 4) is 0 Å². The Bertz CT molecular complexity index is 378. The summed E-state index contributed by atoms with van der Waals surface area (Å²) in [4.78, 5) is 11.5. The lowest BCUT2D eigenvalue weighted by atomic mass is 10.2. The number of fused-ring (bicyclic) bond motifs is 1. The van der Waals surface area contributed by atoms with E-state index >= 15 is 0 Å². The first-order valence-corrected chi connectivity index (χ1v) is 4.63. The Kier molecular flexibility index (Phi) is 1.23. The third-order valence-electron chi connectivity index (χ3n) is 2.75. The molecule has 0 saturated heterocycles. The summed E-state index contributed by atoms with van der Waals surface area (Å²) < 4.78 is 1.75. The molecule has 3 rings (SSSR count). The summed E-state index contributed by atoms with van der Waals surface area (Å²) in [5.74, 6) is 0.654. The molecule has 13 heavy (non-hydrogen) atoms. The van der Waals surface area contributed by atoms with Crippen LogP contribution in [0.15, 0.2) is 6.07 Å². The molecule has 2 aliphatic rings. The van der Waals surface area contributed by atoms with E-state index in [0.29, 0.717) is 18.2 Å². The minimum atomic E-state index is -0.365. The van der Waals surface area contributed by atoms with Gasteiger partial charge >= 0.3 is 0 Å². The molecule has 1 atom stereocenters. The maximum Gasteiger partial charge on any atom is 0.199 e. The van der Waals surface area contributed by atoms with Crippen LogP contribution in [-0.4, -0.2) is 21.6 Å². The average molecular weight is 177 g/mol. The molecule has 1 aromatic heterocycles. The molecule has 0 bridgehead atoms. The number of carbonyl (C=O) groups is 1. The van der Waals surface area contributed by atoms with E-state index in [4.69, 9.17) is 5.73 Å². The van der Waals surface area contributed by atoms with E-state index in [1.807, 2.05) is 6.07 Å². The van der Waals surface area contributed by atoms with Crippen molar-refractivity contribution in [1.29, 1.82) is 0 Å². The zero-order valence-electron chi connectivity index (χ0n) is 7.23. The summed E-state index contributed by atoms with van der Waals surface area (Å²) in [5.41, 5.74) is 7.39. The van der Waals surface area contributed by atoms with E-state index in [1.165, 1.54) is 12.8 Å². The SMILES string of the molecule is NC1Cn2nc(C3CC3)cc2C1=O. The molecule has 0 spiro atoms. The Morgan fingerprint density at radius 3 is 2.92 bits per heavy atom. The third-order valence-corrected chi connectivity index (χ3v) is 2.75. The second-order valence-electron chi connectivity index (χ2n) is 3.88. The molecule has 1 unspecified atom stereocenters. The van der Waals surface area contributed by atoms with Gasteiger partial charge in [-0.15, -0.1) is 0 Å². The highest BCUT2D eigenvalue weighted by molar-refractivity contribution is 6.00. The van der Waals surface area contributed by atoms with Gasteiger partial charge in [0.1, 0.15) is 5.69 Å². The van der Waals surface area contributed by atoms with Crippen LogP contribution in [0.3, 0.4) is 0 Å². The summed E-state index contributed by atoms with van der Waals surface area (Å²) in [6.07, 6.45) is 2.44. The van der Waals surface area contributed by atoms with Gasteiger partial charge in [-0.05, 0) is 18.9 Å². The second kappa shape index (κ2) is 2.20. The average Bonchev–Trinajstić information content (AvgIpc) is 2.82. The molecule has 1 aromatic rings. The van der Waals surface area contributed by atoms with Crippen LogP contribution in [-0.2, 0) is 6.54 Å². The summed E-state index contributed by atoms with van der Waals surface area (Å²) in [6.45, 7) is 0.556. The quantitative estimate of drug-likeness (QED) is 0.670. The van der Waals surface area contributed by atoms with Gasteiger partial charge in [0.05, 0.1) is 18.3 Å². The van der Waals surface area contributed by atoms with Crippen molar-refractivity contribution < 1.29 is 4.79 Å². The second-order valence-corrected chi connectivity index (χ2v) is 3.88. The van der Waals surface area contributed by atoms with Gasteiger partial charge in [0, 0.05) is 5.92 Å². The molecular formula is C9H11N3O. The lowest BCUT2D eigenvalue weighted by Gasteiger charge is -1.96. The Labute approximate surface area is 75.7 Å². The van der Waals surface area contributed by atoms with E-state index in [-0.39, 0.29) is 11.8 Å². The van der Waals surface area contributed by atoms with Crippen LogP contribution in [0, 0.1) is 0 Å². The molecule has 2 heterocycles. The first-order valence-electron chi connectivity index (χ1n) is 4.63. The van der Waals surface area contributed by atoms with Crippen molar-refractivity contribution in [1.82, 2.24) is 9.78 Å². The minimum absolute atomic E-state index is 0.0411. The Morgan fingerprint density at radius 1 is 1.54 bits per heavy atom. The van der Waals surface area contributed by atoms with Crippen molar-refractivity contribution in [2.75, 3.05) is 0 Å². The highest BCUT2D eigenvalue weighted by Crippen LogP contribution is 2.39. The van der Waals surface area contributed by atoms with Gasteiger partial charge < -0.3 is 5.73 Å². The van der Waals surface area contributed by atoms with Crippen LogP contribution in [0.4, 0.5) is 0 Å². The van der Waals surface area contributed by atoms with Gasteiger partial charge in [0.2, 0.25) is 0 Å². The van der Waals surface area contributed by atoms with E-state index in [1.54, 1.807) is 4.68 Å². The fourth-order valence-corrected chi connectivity index (χ4v) is 1.81. The predicted octanol–water partition coefficient (Wildman–Crippen LogP) is 0.284. The van der Waals surface area contributed by atoms with Gasteiger partial charge in [-0.3, -0.25) is 9.48 Å². The van der Waals surface area contributed by atoms with Crippen molar-refractivity contribution in [2.24, 2.45) is 5.73 Å². The molecule has 0 radical (unpaired) electrons. The summed E-state index contributed by atoms with van der Waals surface area (Å²) in [7, 11) is 0. The fourth-order valence-electron chi connectivity index (χ4n) is 1.81.